The molecular formula is C27H32F2N4O2. The molecule has 2 aliphatic heterocycles. The van der Waals surface area contributed by atoms with Gasteiger partial charge < -0.3 is 5.32 Å². The maximum atomic E-state index is 13.8. The molecule has 2 aromatic rings. The average molecular weight is 483 g/mol. The molecule has 0 bridgehead atoms. The van der Waals surface area contributed by atoms with Gasteiger partial charge in [-0.3, -0.25) is 19.6 Å². The summed E-state index contributed by atoms with van der Waals surface area (Å²) < 4.78 is 27.3. The molecule has 3 aliphatic rings. The van der Waals surface area contributed by atoms with Crippen molar-refractivity contribution in [2.75, 3.05) is 13.1 Å². The molecule has 1 N–H and O–H groups in total. The number of hydrogen-bond donors (Lipinski definition) is 1. The Balaban J connectivity index is 1.17. The monoisotopic (exact) mass is 482 g/mol. The predicted octanol–water partition coefficient (Wildman–Crippen LogP) is 4.92. The summed E-state index contributed by atoms with van der Waals surface area (Å²) in [6.45, 7) is 1.69. The van der Waals surface area contributed by atoms with Crippen molar-refractivity contribution in [2.45, 2.75) is 75.4 Å². The number of aromatic nitrogens is 1. The van der Waals surface area contributed by atoms with Gasteiger partial charge in [-0.25, -0.2) is 13.6 Å². The van der Waals surface area contributed by atoms with Crippen molar-refractivity contribution in [3.05, 3.63) is 65.5 Å². The quantitative estimate of drug-likeness (QED) is 0.672. The van der Waals surface area contributed by atoms with Crippen LogP contribution in [-0.4, -0.2) is 51.9 Å². The summed E-state index contributed by atoms with van der Waals surface area (Å²) in [4.78, 5) is 34.1. The van der Waals surface area contributed by atoms with Crippen molar-refractivity contribution in [3.63, 3.8) is 0 Å². The van der Waals surface area contributed by atoms with Gasteiger partial charge in [0.25, 0.3) is 0 Å². The highest BCUT2D eigenvalue weighted by Crippen LogP contribution is 2.35. The third-order valence-electron chi connectivity index (χ3n) is 7.86. The fraction of sp³-hybridized carbons (Fsp3) is 0.519. The largest absolute Gasteiger partial charge is 0.334 e. The first-order valence-corrected chi connectivity index (χ1v) is 12.7. The van der Waals surface area contributed by atoms with Crippen LogP contribution in [0.1, 0.15) is 74.6 Å². The zero-order chi connectivity index (χ0) is 24.4. The molecule has 5 rings (SSSR count). The second-order valence-electron chi connectivity index (χ2n) is 10.0. The van der Waals surface area contributed by atoms with Crippen LogP contribution >= 0.6 is 0 Å². The maximum absolute atomic E-state index is 13.8. The summed E-state index contributed by atoms with van der Waals surface area (Å²) in [5.74, 6) is -1.66. The van der Waals surface area contributed by atoms with E-state index in [0.717, 1.165) is 57.3 Å². The SMILES string of the molecule is O=C1CCC[C@H](c2ccc(F)c(F)c2)N1C(=O)N[C@@H]1CCN(C2CCC(c3ccccn3)CC2)C1. The lowest BCUT2D eigenvalue weighted by Gasteiger charge is -2.36. The zero-order valence-corrected chi connectivity index (χ0v) is 19.8. The number of rotatable bonds is 4. The van der Waals surface area contributed by atoms with Gasteiger partial charge >= 0.3 is 6.03 Å². The first kappa shape index (κ1) is 23.9. The number of urea groups is 1. The number of pyridine rings is 1. The molecule has 3 heterocycles. The van der Waals surface area contributed by atoms with Crippen molar-refractivity contribution in [1.82, 2.24) is 20.1 Å². The molecule has 186 valence electrons. The van der Waals surface area contributed by atoms with Gasteiger partial charge in [0.15, 0.2) is 11.6 Å². The lowest BCUT2D eigenvalue weighted by atomic mass is 9.83. The average Bonchev–Trinajstić information content (AvgIpc) is 3.34. The Hall–Kier alpha value is -2.87. The van der Waals surface area contributed by atoms with Crippen LogP contribution in [-0.2, 0) is 4.79 Å². The molecule has 0 radical (unpaired) electrons. The lowest BCUT2D eigenvalue weighted by Crippen LogP contribution is -2.51. The van der Waals surface area contributed by atoms with Gasteiger partial charge in [0.05, 0.1) is 6.04 Å². The number of likely N-dealkylation sites (tertiary alicyclic amines) is 2. The van der Waals surface area contributed by atoms with E-state index in [1.54, 1.807) is 0 Å². The van der Waals surface area contributed by atoms with Crippen LogP contribution in [0.3, 0.4) is 0 Å². The molecule has 1 aromatic carbocycles. The van der Waals surface area contributed by atoms with Crippen molar-refractivity contribution in [1.29, 1.82) is 0 Å². The Morgan fingerprint density at radius 2 is 1.83 bits per heavy atom. The summed E-state index contributed by atoms with van der Waals surface area (Å²) in [5.41, 5.74) is 1.63. The van der Waals surface area contributed by atoms with Gasteiger partial charge in [0.2, 0.25) is 5.91 Å². The minimum atomic E-state index is -0.968. The highest BCUT2D eigenvalue weighted by molar-refractivity contribution is 5.95. The van der Waals surface area contributed by atoms with E-state index in [1.165, 1.54) is 16.7 Å². The summed E-state index contributed by atoms with van der Waals surface area (Å²) in [5, 5.41) is 3.06. The van der Waals surface area contributed by atoms with E-state index in [0.29, 0.717) is 30.4 Å². The van der Waals surface area contributed by atoms with E-state index in [4.69, 9.17) is 0 Å². The molecule has 1 aromatic heterocycles. The zero-order valence-electron chi connectivity index (χ0n) is 19.8. The summed E-state index contributed by atoms with van der Waals surface area (Å²) >= 11 is 0. The van der Waals surface area contributed by atoms with E-state index in [1.807, 2.05) is 18.3 Å². The number of piperidine rings is 1. The molecule has 3 amide bonds. The number of imide groups is 1. The van der Waals surface area contributed by atoms with Gasteiger partial charge in [-0.2, -0.15) is 0 Å². The molecule has 6 nitrogen and oxygen atoms in total. The molecule has 8 heteroatoms. The summed E-state index contributed by atoms with van der Waals surface area (Å²) in [6.07, 6.45) is 8.61. The maximum Gasteiger partial charge on any atom is 0.324 e. The van der Waals surface area contributed by atoms with Crippen LogP contribution in [0, 0.1) is 11.6 Å². The van der Waals surface area contributed by atoms with Crippen LogP contribution in [0.5, 0.6) is 0 Å². The summed E-state index contributed by atoms with van der Waals surface area (Å²) in [7, 11) is 0. The number of benzene rings is 1. The van der Waals surface area contributed by atoms with Gasteiger partial charge in [0.1, 0.15) is 0 Å². The topological polar surface area (TPSA) is 65.5 Å². The lowest BCUT2D eigenvalue weighted by molar-refractivity contribution is -0.132. The van der Waals surface area contributed by atoms with E-state index in [2.05, 4.69) is 21.3 Å². The highest BCUT2D eigenvalue weighted by atomic mass is 19.2. The standard InChI is InChI=1S/C27H32F2N4O2/c28-22-12-9-19(16-23(22)29)25-5-3-6-26(34)33(25)27(35)31-20-13-15-32(17-20)21-10-7-18(8-11-21)24-4-1-2-14-30-24/h1-2,4,9,12,14,16,18,20-21,25H,3,5-8,10-11,13,15,17H2,(H,31,35)/t18?,20-,21?,25-/m1/s1. The van der Waals surface area contributed by atoms with Crippen molar-refractivity contribution in [3.8, 4) is 0 Å². The molecule has 1 saturated carbocycles. The third kappa shape index (κ3) is 5.22. The number of carbonyl (C=O) groups excluding carboxylic acids is 2. The normalized spacial score (nSPS) is 27.7. The van der Waals surface area contributed by atoms with E-state index in [9.17, 15) is 18.4 Å². The molecule has 0 spiro atoms. The van der Waals surface area contributed by atoms with Crippen LogP contribution < -0.4 is 5.32 Å². The number of amides is 3. The number of carbonyl (C=O) groups is 2. The van der Waals surface area contributed by atoms with Crippen molar-refractivity contribution in [2.24, 2.45) is 0 Å². The van der Waals surface area contributed by atoms with Crippen LogP contribution in [0.4, 0.5) is 13.6 Å². The van der Waals surface area contributed by atoms with Crippen LogP contribution in [0.25, 0.3) is 0 Å². The van der Waals surface area contributed by atoms with Crippen LogP contribution in [0.2, 0.25) is 0 Å². The first-order valence-electron chi connectivity index (χ1n) is 12.7. The second kappa shape index (κ2) is 10.4. The van der Waals surface area contributed by atoms with E-state index in [-0.39, 0.29) is 18.4 Å². The molecule has 3 fully saturated rings. The van der Waals surface area contributed by atoms with Crippen LogP contribution in [0.15, 0.2) is 42.6 Å². The Morgan fingerprint density at radius 1 is 1.00 bits per heavy atom. The third-order valence-corrected chi connectivity index (χ3v) is 7.86. The Bertz CT molecular complexity index is 1060. The number of halogens is 2. The number of nitrogens with one attached hydrogen (secondary N) is 1. The molecular weight excluding hydrogens is 450 g/mol. The molecule has 2 atom stereocenters. The first-order chi connectivity index (χ1) is 17.0. The number of hydrogen-bond acceptors (Lipinski definition) is 4. The molecule has 35 heavy (non-hydrogen) atoms. The van der Waals surface area contributed by atoms with E-state index < -0.39 is 23.7 Å². The fourth-order valence-corrected chi connectivity index (χ4v) is 6.00. The molecule has 1 aliphatic carbocycles. The second-order valence-corrected chi connectivity index (χ2v) is 10.0. The Labute approximate surface area is 204 Å². The van der Waals surface area contributed by atoms with Gasteiger partial charge in [-0.15, -0.1) is 0 Å². The predicted molar refractivity (Wildman–Crippen MR) is 128 cm³/mol. The van der Waals surface area contributed by atoms with Crippen molar-refractivity contribution < 1.29 is 18.4 Å². The Kier molecular flexibility index (Phi) is 7.09. The highest BCUT2D eigenvalue weighted by Gasteiger charge is 2.37. The minimum absolute atomic E-state index is 0.0312. The smallest absolute Gasteiger partial charge is 0.324 e. The van der Waals surface area contributed by atoms with Gasteiger partial charge in [0, 0.05) is 49.4 Å². The fourth-order valence-electron chi connectivity index (χ4n) is 6.00. The Morgan fingerprint density at radius 3 is 2.57 bits per heavy atom. The van der Waals surface area contributed by atoms with Gasteiger partial charge in [-0.1, -0.05) is 12.1 Å². The van der Waals surface area contributed by atoms with E-state index >= 15 is 0 Å². The van der Waals surface area contributed by atoms with Crippen molar-refractivity contribution >= 4 is 11.9 Å². The molecule has 2 saturated heterocycles. The summed E-state index contributed by atoms with van der Waals surface area (Å²) in [6, 6.07) is 9.18. The number of nitrogens with zero attached hydrogens (tertiary/aromatic N) is 3. The molecule has 0 unspecified atom stereocenters. The van der Waals surface area contributed by atoms with Gasteiger partial charge in [-0.05, 0) is 74.8 Å². The minimum Gasteiger partial charge on any atom is -0.334 e.